The molecule has 0 aliphatic rings. The minimum Gasteiger partial charge on any atom is -0.251 e. The normalized spacial score (nSPS) is 11.2. The lowest BCUT2D eigenvalue weighted by molar-refractivity contribution is 1.23. The largest absolute Gasteiger partial charge is 0.251 e. The van der Waals surface area contributed by atoms with Crippen molar-refractivity contribution < 1.29 is 0 Å². The lowest BCUT2D eigenvalue weighted by Gasteiger charge is -2.10. The molecule has 0 amide bonds. The molecule has 0 radical (unpaired) electrons. The molecule has 0 N–H and O–H groups in total. The molecule has 0 spiro atoms. The first-order valence-electron chi connectivity index (χ1n) is 7.45. The first kappa shape index (κ1) is 13.0. The second-order valence-corrected chi connectivity index (χ2v) is 5.66. The number of aryl methyl sites for hydroxylation is 2. The predicted molar refractivity (Wildman–Crippen MR) is 92.0 cm³/mol. The molecule has 0 atom stereocenters. The van der Waals surface area contributed by atoms with Gasteiger partial charge in [0.25, 0.3) is 0 Å². The van der Waals surface area contributed by atoms with E-state index in [9.17, 15) is 0 Å². The fourth-order valence-corrected chi connectivity index (χ4v) is 2.95. The number of rotatable bonds is 1. The van der Waals surface area contributed by atoms with Gasteiger partial charge in [0.05, 0.1) is 11.0 Å². The maximum atomic E-state index is 4.77. The monoisotopic (exact) mass is 284 g/mol. The van der Waals surface area contributed by atoms with Crippen LogP contribution in [0.1, 0.15) is 11.4 Å². The summed E-state index contributed by atoms with van der Waals surface area (Å²) in [6.07, 6.45) is 0. The number of aromatic nitrogens is 2. The molecule has 0 aliphatic carbocycles. The van der Waals surface area contributed by atoms with Crippen molar-refractivity contribution in [3.05, 3.63) is 72.1 Å². The number of hydrogen-bond donors (Lipinski definition) is 0. The molecule has 22 heavy (non-hydrogen) atoms. The van der Waals surface area contributed by atoms with Crippen LogP contribution in [0.5, 0.6) is 0 Å². The number of benzene rings is 2. The van der Waals surface area contributed by atoms with Crippen LogP contribution >= 0.6 is 0 Å². The third kappa shape index (κ3) is 2.04. The van der Waals surface area contributed by atoms with Crippen LogP contribution in [0.4, 0.5) is 0 Å². The molecule has 2 aromatic heterocycles. The Kier molecular flexibility index (Phi) is 2.90. The van der Waals surface area contributed by atoms with Crippen LogP contribution in [-0.4, -0.2) is 9.97 Å². The van der Waals surface area contributed by atoms with E-state index < -0.39 is 0 Å². The summed E-state index contributed by atoms with van der Waals surface area (Å²) < 4.78 is 0. The second-order valence-electron chi connectivity index (χ2n) is 5.66. The maximum absolute atomic E-state index is 4.77. The molecule has 4 aromatic rings. The van der Waals surface area contributed by atoms with Crippen molar-refractivity contribution in [2.75, 3.05) is 0 Å². The van der Waals surface area contributed by atoms with Crippen LogP contribution in [0, 0.1) is 13.8 Å². The molecule has 2 nitrogen and oxygen atoms in total. The van der Waals surface area contributed by atoms with Gasteiger partial charge in [-0.15, -0.1) is 0 Å². The van der Waals surface area contributed by atoms with E-state index in [0.717, 1.165) is 33.2 Å². The zero-order chi connectivity index (χ0) is 15.1. The van der Waals surface area contributed by atoms with Gasteiger partial charge in [-0.25, -0.2) is 0 Å². The molecule has 0 aliphatic heterocycles. The molecule has 0 saturated heterocycles. The summed E-state index contributed by atoms with van der Waals surface area (Å²) in [7, 11) is 0. The summed E-state index contributed by atoms with van der Waals surface area (Å²) in [4.78, 5) is 9.49. The average Bonchev–Trinajstić information content (AvgIpc) is 2.55. The molecule has 106 valence electrons. The van der Waals surface area contributed by atoms with E-state index in [-0.39, 0.29) is 0 Å². The third-order valence-electron chi connectivity index (χ3n) is 3.99. The number of hydrogen-bond acceptors (Lipinski definition) is 2. The van der Waals surface area contributed by atoms with Crippen LogP contribution in [-0.2, 0) is 0 Å². The Labute approximate surface area is 129 Å². The Morgan fingerprint density at radius 1 is 0.682 bits per heavy atom. The van der Waals surface area contributed by atoms with E-state index in [0.29, 0.717) is 0 Å². The molecule has 0 fully saturated rings. The molecule has 2 aromatic carbocycles. The van der Waals surface area contributed by atoms with Crippen LogP contribution < -0.4 is 0 Å². The summed E-state index contributed by atoms with van der Waals surface area (Å²) in [5, 5.41) is 2.29. The average molecular weight is 284 g/mol. The highest BCUT2D eigenvalue weighted by Crippen LogP contribution is 2.32. The number of fused-ring (bicyclic) bond motifs is 3. The van der Waals surface area contributed by atoms with Crippen molar-refractivity contribution in [3.63, 3.8) is 0 Å². The van der Waals surface area contributed by atoms with E-state index in [1.807, 2.05) is 26.0 Å². The fraction of sp³-hybridized carbons (Fsp3) is 0.100. The summed E-state index contributed by atoms with van der Waals surface area (Å²) in [5.41, 5.74) is 6.43. The van der Waals surface area contributed by atoms with Crippen LogP contribution in [0.15, 0.2) is 60.7 Å². The van der Waals surface area contributed by atoms with Gasteiger partial charge in [-0.05, 0) is 37.1 Å². The summed E-state index contributed by atoms with van der Waals surface area (Å²) in [5.74, 6) is 0. The zero-order valence-corrected chi connectivity index (χ0v) is 12.7. The highest BCUT2D eigenvalue weighted by atomic mass is 14.8. The van der Waals surface area contributed by atoms with Crippen molar-refractivity contribution in [1.82, 2.24) is 9.97 Å². The lowest BCUT2D eigenvalue weighted by Crippen LogP contribution is -1.92. The fourth-order valence-electron chi connectivity index (χ4n) is 2.95. The molecular weight excluding hydrogens is 268 g/mol. The van der Waals surface area contributed by atoms with Crippen LogP contribution in [0.3, 0.4) is 0 Å². The van der Waals surface area contributed by atoms with Gasteiger partial charge < -0.3 is 0 Å². The Hall–Kier alpha value is -2.74. The molecule has 0 bridgehead atoms. The molecular formula is C20H16N2. The van der Waals surface area contributed by atoms with Gasteiger partial charge in [0.2, 0.25) is 0 Å². The van der Waals surface area contributed by atoms with Crippen LogP contribution in [0.25, 0.3) is 32.9 Å². The minimum absolute atomic E-state index is 0.985. The quantitative estimate of drug-likeness (QED) is 0.456. The van der Waals surface area contributed by atoms with Gasteiger partial charge in [0.1, 0.15) is 0 Å². The SMILES string of the molecule is Cc1ccc2ccc3c(-c4ccccc4)cc(C)nc3c2n1. The Balaban J connectivity index is 2.15. The molecule has 0 unspecified atom stereocenters. The number of nitrogens with zero attached hydrogens (tertiary/aromatic N) is 2. The van der Waals surface area contributed by atoms with E-state index >= 15 is 0 Å². The smallest absolute Gasteiger partial charge is 0.0974 e. The predicted octanol–water partition coefficient (Wildman–Crippen LogP) is 5.07. The van der Waals surface area contributed by atoms with E-state index in [2.05, 4.69) is 48.5 Å². The van der Waals surface area contributed by atoms with E-state index in [1.165, 1.54) is 11.1 Å². The maximum Gasteiger partial charge on any atom is 0.0974 e. The zero-order valence-electron chi connectivity index (χ0n) is 12.7. The molecule has 4 rings (SSSR count). The van der Waals surface area contributed by atoms with Gasteiger partial charge in [0, 0.05) is 22.2 Å². The van der Waals surface area contributed by atoms with E-state index in [1.54, 1.807) is 0 Å². The van der Waals surface area contributed by atoms with Crippen molar-refractivity contribution >= 4 is 21.8 Å². The topological polar surface area (TPSA) is 25.8 Å². The number of pyridine rings is 2. The Morgan fingerprint density at radius 2 is 1.41 bits per heavy atom. The first-order chi connectivity index (χ1) is 10.7. The summed E-state index contributed by atoms with van der Waals surface area (Å²) >= 11 is 0. The van der Waals surface area contributed by atoms with E-state index in [4.69, 9.17) is 9.97 Å². The van der Waals surface area contributed by atoms with Gasteiger partial charge in [-0.3, -0.25) is 9.97 Å². The van der Waals surface area contributed by atoms with Gasteiger partial charge in [-0.2, -0.15) is 0 Å². The van der Waals surface area contributed by atoms with Gasteiger partial charge >= 0.3 is 0 Å². The second kappa shape index (κ2) is 4.92. The van der Waals surface area contributed by atoms with Gasteiger partial charge in [0.15, 0.2) is 0 Å². The minimum atomic E-state index is 0.985. The summed E-state index contributed by atoms with van der Waals surface area (Å²) in [6, 6.07) is 21.1. The third-order valence-corrected chi connectivity index (χ3v) is 3.99. The van der Waals surface area contributed by atoms with Crippen molar-refractivity contribution in [3.8, 4) is 11.1 Å². The van der Waals surface area contributed by atoms with Gasteiger partial charge in [-0.1, -0.05) is 48.5 Å². The molecule has 2 heterocycles. The summed E-state index contributed by atoms with van der Waals surface area (Å²) in [6.45, 7) is 4.06. The molecule has 0 saturated carbocycles. The lowest BCUT2D eigenvalue weighted by atomic mass is 9.99. The first-order valence-corrected chi connectivity index (χ1v) is 7.45. The Bertz CT molecular complexity index is 989. The van der Waals surface area contributed by atoms with Crippen LogP contribution in [0.2, 0.25) is 0 Å². The highest BCUT2D eigenvalue weighted by Gasteiger charge is 2.10. The standard InChI is InChI=1S/C20H16N2/c1-13-8-9-16-10-11-17-18(15-6-4-3-5-7-15)12-14(2)22-20(17)19(16)21-13/h3-12H,1-2H3. The molecule has 2 heteroatoms. The highest BCUT2D eigenvalue weighted by molar-refractivity contribution is 6.08. The Morgan fingerprint density at radius 3 is 2.23 bits per heavy atom. The van der Waals surface area contributed by atoms with Crippen molar-refractivity contribution in [2.45, 2.75) is 13.8 Å². The van der Waals surface area contributed by atoms with Crippen molar-refractivity contribution in [1.29, 1.82) is 0 Å². The van der Waals surface area contributed by atoms with Crippen molar-refractivity contribution in [2.24, 2.45) is 0 Å².